The number of carbonyl (C=O) groups is 3. The first kappa shape index (κ1) is 23.0. The molecule has 0 aliphatic carbocycles. The number of ether oxygens (including phenoxy) is 1. The second-order valence-corrected chi connectivity index (χ2v) is 7.22. The van der Waals surface area contributed by atoms with E-state index in [9.17, 15) is 18.8 Å². The number of rotatable bonds is 8. The van der Waals surface area contributed by atoms with Crippen molar-refractivity contribution in [1.29, 1.82) is 0 Å². The van der Waals surface area contributed by atoms with Crippen molar-refractivity contribution in [3.8, 4) is 0 Å². The quantitative estimate of drug-likeness (QED) is 0.509. The molecule has 0 bridgehead atoms. The van der Waals surface area contributed by atoms with Gasteiger partial charge < -0.3 is 15.4 Å². The third-order valence-electron chi connectivity index (χ3n) is 4.52. The molecule has 3 aromatic rings. The fraction of sp³-hybridized carbons (Fsp3) is 0.125. The van der Waals surface area contributed by atoms with Gasteiger partial charge in [0, 0.05) is 5.02 Å². The van der Waals surface area contributed by atoms with Crippen LogP contribution in [0.4, 0.5) is 4.39 Å². The zero-order chi connectivity index (χ0) is 22.9. The molecule has 0 saturated carbocycles. The molecule has 0 saturated heterocycles. The van der Waals surface area contributed by atoms with Gasteiger partial charge in [-0.05, 0) is 35.4 Å². The number of amides is 2. The highest BCUT2D eigenvalue weighted by atomic mass is 35.5. The SMILES string of the molecule is O=C(COC(=O)CNC(=O)c1ccccc1F)NC(c1ccccc1)c1ccc(Cl)cc1. The summed E-state index contributed by atoms with van der Waals surface area (Å²) in [4.78, 5) is 36.3. The van der Waals surface area contributed by atoms with E-state index in [4.69, 9.17) is 16.3 Å². The Balaban J connectivity index is 1.54. The maximum absolute atomic E-state index is 13.6. The van der Waals surface area contributed by atoms with E-state index < -0.39 is 42.8 Å². The fourth-order valence-electron chi connectivity index (χ4n) is 2.95. The summed E-state index contributed by atoms with van der Waals surface area (Å²) in [6.07, 6.45) is 0. The molecule has 2 amide bonds. The lowest BCUT2D eigenvalue weighted by molar-refractivity contribution is -0.147. The van der Waals surface area contributed by atoms with E-state index in [1.165, 1.54) is 18.2 Å². The van der Waals surface area contributed by atoms with E-state index in [-0.39, 0.29) is 5.56 Å². The third-order valence-corrected chi connectivity index (χ3v) is 4.77. The first-order valence-corrected chi connectivity index (χ1v) is 10.1. The molecule has 0 aliphatic rings. The minimum atomic E-state index is -0.826. The van der Waals surface area contributed by atoms with Crippen molar-refractivity contribution in [2.24, 2.45) is 0 Å². The van der Waals surface area contributed by atoms with E-state index in [1.54, 1.807) is 24.3 Å². The summed E-state index contributed by atoms with van der Waals surface area (Å²) >= 11 is 5.96. The van der Waals surface area contributed by atoms with Crippen LogP contribution in [0.3, 0.4) is 0 Å². The van der Waals surface area contributed by atoms with Gasteiger partial charge in [0.15, 0.2) is 6.61 Å². The van der Waals surface area contributed by atoms with Crippen LogP contribution in [0.15, 0.2) is 78.9 Å². The molecule has 32 heavy (non-hydrogen) atoms. The second kappa shape index (κ2) is 11.1. The third kappa shape index (κ3) is 6.39. The molecule has 1 unspecified atom stereocenters. The molecule has 0 fully saturated rings. The monoisotopic (exact) mass is 454 g/mol. The highest BCUT2D eigenvalue weighted by Crippen LogP contribution is 2.23. The minimum absolute atomic E-state index is 0.188. The van der Waals surface area contributed by atoms with E-state index >= 15 is 0 Å². The summed E-state index contributed by atoms with van der Waals surface area (Å²) < 4.78 is 18.5. The summed E-state index contributed by atoms with van der Waals surface area (Å²) in [6, 6.07) is 21.2. The van der Waals surface area contributed by atoms with Crippen molar-refractivity contribution < 1.29 is 23.5 Å². The Labute approximate surface area is 189 Å². The number of carbonyl (C=O) groups excluding carboxylic acids is 3. The molecule has 3 aromatic carbocycles. The predicted octanol–water partition coefficient (Wildman–Crippen LogP) is 3.66. The van der Waals surface area contributed by atoms with Crippen molar-refractivity contribution in [3.05, 3.63) is 106 Å². The lowest BCUT2D eigenvalue weighted by Gasteiger charge is -2.20. The van der Waals surface area contributed by atoms with E-state index in [1.807, 2.05) is 30.3 Å². The first-order valence-electron chi connectivity index (χ1n) is 9.72. The van der Waals surface area contributed by atoms with Gasteiger partial charge >= 0.3 is 5.97 Å². The molecule has 1 atom stereocenters. The lowest BCUT2D eigenvalue weighted by atomic mass is 9.99. The van der Waals surface area contributed by atoms with Crippen LogP contribution in [-0.4, -0.2) is 30.9 Å². The smallest absolute Gasteiger partial charge is 0.325 e. The zero-order valence-corrected chi connectivity index (χ0v) is 17.6. The average molecular weight is 455 g/mol. The number of esters is 1. The van der Waals surface area contributed by atoms with E-state index in [2.05, 4.69) is 10.6 Å². The van der Waals surface area contributed by atoms with Crippen LogP contribution in [0.2, 0.25) is 5.02 Å². The summed E-state index contributed by atoms with van der Waals surface area (Å²) in [7, 11) is 0. The maximum Gasteiger partial charge on any atom is 0.325 e. The Morgan fingerprint density at radius 1 is 0.875 bits per heavy atom. The molecule has 0 heterocycles. The molecule has 3 rings (SSSR count). The van der Waals surface area contributed by atoms with Crippen LogP contribution in [-0.2, 0) is 14.3 Å². The Kier molecular flexibility index (Phi) is 7.94. The van der Waals surface area contributed by atoms with Crippen LogP contribution in [0.1, 0.15) is 27.5 Å². The number of halogens is 2. The van der Waals surface area contributed by atoms with Crippen LogP contribution in [0.25, 0.3) is 0 Å². The van der Waals surface area contributed by atoms with Gasteiger partial charge in [-0.2, -0.15) is 0 Å². The number of benzene rings is 3. The molecule has 0 spiro atoms. The molecule has 6 nitrogen and oxygen atoms in total. The maximum atomic E-state index is 13.6. The number of hydrogen-bond acceptors (Lipinski definition) is 4. The van der Waals surface area contributed by atoms with Crippen LogP contribution < -0.4 is 10.6 Å². The van der Waals surface area contributed by atoms with Gasteiger partial charge in [0.25, 0.3) is 11.8 Å². The second-order valence-electron chi connectivity index (χ2n) is 6.79. The van der Waals surface area contributed by atoms with Gasteiger partial charge in [-0.1, -0.05) is 66.2 Å². The van der Waals surface area contributed by atoms with Crippen LogP contribution >= 0.6 is 11.6 Å². The summed E-state index contributed by atoms with van der Waals surface area (Å²) in [6.45, 7) is -1.04. The minimum Gasteiger partial charge on any atom is -0.454 e. The summed E-state index contributed by atoms with van der Waals surface area (Å²) in [5, 5.41) is 5.66. The van der Waals surface area contributed by atoms with Gasteiger partial charge in [-0.25, -0.2) is 4.39 Å². The largest absolute Gasteiger partial charge is 0.454 e. The normalized spacial score (nSPS) is 11.3. The zero-order valence-electron chi connectivity index (χ0n) is 16.9. The number of hydrogen-bond donors (Lipinski definition) is 2. The molecule has 0 radical (unpaired) electrons. The Morgan fingerprint density at radius 3 is 2.19 bits per heavy atom. The molecule has 2 N–H and O–H groups in total. The summed E-state index contributed by atoms with van der Waals surface area (Å²) in [5.41, 5.74) is 1.45. The molecule has 164 valence electrons. The highest BCUT2D eigenvalue weighted by Gasteiger charge is 2.18. The Morgan fingerprint density at radius 2 is 1.50 bits per heavy atom. The van der Waals surface area contributed by atoms with Crippen molar-refractivity contribution in [2.75, 3.05) is 13.2 Å². The van der Waals surface area contributed by atoms with Gasteiger partial charge in [0.2, 0.25) is 0 Å². The van der Waals surface area contributed by atoms with Gasteiger partial charge in [-0.15, -0.1) is 0 Å². The van der Waals surface area contributed by atoms with Gasteiger partial charge in [0.05, 0.1) is 11.6 Å². The van der Waals surface area contributed by atoms with Gasteiger partial charge in [-0.3, -0.25) is 14.4 Å². The molecular formula is C24H20ClFN2O4. The first-order chi connectivity index (χ1) is 15.4. The van der Waals surface area contributed by atoms with E-state index in [0.717, 1.165) is 17.2 Å². The van der Waals surface area contributed by atoms with Gasteiger partial charge in [0.1, 0.15) is 12.4 Å². The Bertz CT molecular complexity index is 1090. The van der Waals surface area contributed by atoms with Crippen LogP contribution in [0, 0.1) is 5.82 Å². The topological polar surface area (TPSA) is 84.5 Å². The Hall–Kier alpha value is -3.71. The average Bonchev–Trinajstić information content (AvgIpc) is 2.81. The van der Waals surface area contributed by atoms with Crippen LogP contribution in [0.5, 0.6) is 0 Å². The summed E-state index contributed by atoms with van der Waals surface area (Å²) in [5.74, 6) is -2.81. The van der Waals surface area contributed by atoms with Crippen molar-refractivity contribution in [2.45, 2.75) is 6.04 Å². The standard InChI is InChI=1S/C24H20ClFN2O4/c25-18-12-10-17(11-13-18)23(16-6-2-1-3-7-16)28-21(29)15-32-22(30)14-27-24(31)19-8-4-5-9-20(19)26/h1-13,23H,14-15H2,(H,27,31)(H,28,29). The van der Waals surface area contributed by atoms with Crippen molar-refractivity contribution in [1.82, 2.24) is 10.6 Å². The molecule has 0 aromatic heterocycles. The lowest BCUT2D eigenvalue weighted by Crippen LogP contribution is -2.35. The van der Waals surface area contributed by atoms with Crippen molar-refractivity contribution in [3.63, 3.8) is 0 Å². The molecule has 0 aliphatic heterocycles. The van der Waals surface area contributed by atoms with Crippen molar-refractivity contribution >= 4 is 29.4 Å². The van der Waals surface area contributed by atoms with E-state index in [0.29, 0.717) is 5.02 Å². The molecular weight excluding hydrogens is 435 g/mol. The number of nitrogens with one attached hydrogen (secondary N) is 2. The fourth-order valence-corrected chi connectivity index (χ4v) is 3.08. The predicted molar refractivity (Wildman–Crippen MR) is 118 cm³/mol. The highest BCUT2D eigenvalue weighted by molar-refractivity contribution is 6.30. The molecule has 8 heteroatoms.